The maximum absolute atomic E-state index is 12.9. The molecule has 0 aliphatic carbocycles. The molecule has 2 aromatic rings. The standard InChI is InChI=1S/C27H29N3O6S/c1-5-34-22-15-18(25-24(26(32)35-6-2)17(3)28-27-30(25)13-14-37-27)7-12-21(22)36-16-23(31)29-19-8-10-20(33-4)11-9-19/h7-15,25H,5-6,16H2,1-4H3,(H,29,31)/t25-/m0/s1. The number of esters is 1. The van der Waals surface area contributed by atoms with Crippen molar-refractivity contribution < 1.29 is 28.5 Å². The van der Waals surface area contributed by atoms with Gasteiger partial charge in [0.15, 0.2) is 23.3 Å². The number of amides is 1. The lowest BCUT2D eigenvalue weighted by atomic mass is 9.94. The van der Waals surface area contributed by atoms with Crippen molar-refractivity contribution in [3.8, 4) is 17.2 Å². The molecule has 37 heavy (non-hydrogen) atoms. The number of benzene rings is 2. The molecule has 0 bridgehead atoms. The van der Waals surface area contributed by atoms with Crippen LogP contribution in [-0.4, -0.2) is 48.9 Å². The monoisotopic (exact) mass is 523 g/mol. The normalized spacial score (nSPS) is 16.2. The van der Waals surface area contributed by atoms with Crippen LogP contribution in [0.2, 0.25) is 0 Å². The summed E-state index contributed by atoms with van der Waals surface area (Å²) in [6.07, 6.45) is 1.90. The van der Waals surface area contributed by atoms with Crippen molar-refractivity contribution in [3.05, 3.63) is 70.9 Å². The molecule has 0 saturated heterocycles. The van der Waals surface area contributed by atoms with Crippen LogP contribution in [0, 0.1) is 0 Å². The number of allylic oxidation sites excluding steroid dienone is 1. The van der Waals surface area contributed by atoms with Crippen molar-refractivity contribution in [1.29, 1.82) is 0 Å². The van der Waals surface area contributed by atoms with Gasteiger partial charge in [-0.3, -0.25) is 4.79 Å². The van der Waals surface area contributed by atoms with Gasteiger partial charge in [0.25, 0.3) is 5.91 Å². The van der Waals surface area contributed by atoms with Crippen LogP contribution in [0.15, 0.2) is 70.3 Å². The van der Waals surface area contributed by atoms with Crippen molar-refractivity contribution in [2.45, 2.75) is 26.8 Å². The topological polar surface area (TPSA) is 98.7 Å². The van der Waals surface area contributed by atoms with Crippen LogP contribution in [0.3, 0.4) is 0 Å². The molecule has 0 radical (unpaired) electrons. The smallest absolute Gasteiger partial charge is 0.338 e. The predicted molar refractivity (Wildman–Crippen MR) is 143 cm³/mol. The maximum Gasteiger partial charge on any atom is 0.338 e. The summed E-state index contributed by atoms with van der Waals surface area (Å²) in [5, 5.41) is 5.50. The van der Waals surface area contributed by atoms with Gasteiger partial charge in [-0.1, -0.05) is 17.8 Å². The number of thioether (sulfide) groups is 1. The van der Waals surface area contributed by atoms with E-state index < -0.39 is 12.0 Å². The molecule has 0 spiro atoms. The summed E-state index contributed by atoms with van der Waals surface area (Å²) in [4.78, 5) is 31.9. The number of hydrogen-bond acceptors (Lipinski definition) is 9. The van der Waals surface area contributed by atoms with E-state index in [2.05, 4.69) is 10.3 Å². The summed E-state index contributed by atoms with van der Waals surface area (Å²) >= 11 is 1.49. The number of aliphatic imine (C=N–C) groups is 1. The summed E-state index contributed by atoms with van der Waals surface area (Å²) < 4.78 is 22.1. The minimum absolute atomic E-state index is 0.204. The number of methoxy groups -OCH3 is 1. The Morgan fingerprint density at radius 3 is 2.54 bits per heavy atom. The number of rotatable bonds is 10. The van der Waals surface area contributed by atoms with Crippen molar-refractivity contribution in [3.63, 3.8) is 0 Å². The fourth-order valence-electron chi connectivity index (χ4n) is 4.00. The molecule has 0 saturated carbocycles. The van der Waals surface area contributed by atoms with Gasteiger partial charge in [0.2, 0.25) is 0 Å². The van der Waals surface area contributed by atoms with Crippen molar-refractivity contribution in [2.24, 2.45) is 4.99 Å². The molecular weight excluding hydrogens is 494 g/mol. The molecule has 1 atom stereocenters. The zero-order valence-electron chi connectivity index (χ0n) is 21.1. The lowest BCUT2D eigenvalue weighted by molar-refractivity contribution is -0.139. The molecule has 2 heterocycles. The number of nitrogens with zero attached hydrogens (tertiary/aromatic N) is 2. The van der Waals surface area contributed by atoms with Crippen LogP contribution in [0.5, 0.6) is 17.2 Å². The molecular formula is C27H29N3O6S. The Kier molecular flexibility index (Phi) is 8.39. The fourth-order valence-corrected chi connectivity index (χ4v) is 4.79. The largest absolute Gasteiger partial charge is 0.497 e. The number of carbonyl (C=O) groups excluding carboxylic acids is 2. The SMILES string of the molecule is CCOC(=O)C1=C(C)N=C2SC=CN2[C@H]1c1ccc(OCC(=O)Nc2ccc(OC)cc2)c(OCC)c1. The molecule has 4 rings (SSSR count). The van der Waals surface area contributed by atoms with E-state index in [0.29, 0.717) is 40.8 Å². The van der Waals surface area contributed by atoms with Crippen molar-refractivity contribution >= 4 is 34.5 Å². The first-order chi connectivity index (χ1) is 17.9. The summed E-state index contributed by atoms with van der Waals surface area (Å²) in [5.74, 6) is 0.868. The van der Waals surface area contributed by atoms with E-state index in [1.54, 1.807) is 44.4 Å². The number of anilines is 1. The van der Waals surface area contributed by atoms with Gasteiger partial charge >= 0.3 is 5.97 Å². The summed E-state index contributed by atoms with van der Waals surface area (Å²) in [6, 6.07) is 12.0. The molecule has 194 valence electrons. The second kappa shape index (κ2) is 11.9. The van der Waals surface area contributed by atoms with Crippen LogP contribution >= 0.6 is 11.8 Å². The second-order valence-electron chi connectivity index (χ2n) is 8.03. The molecule has 2 aromatic carbocycles. The minimum atomic E-state index is -0.440. The fraction of sp³-hybridized carbons (Fsp3) is 0.296. The highest BCUT2D eigenvalue weighted by Gasteiger charge is 2.37. The minimum Gasteiger partial charge on any atom is -0.497 e. The molecule has 0 unspecified atom stereocenters. The van der Waals surface area contributed by atoms with E-state index in [0.717, 1.165) is 10.7 Å². The number of hydrogen-bond donors (Lipinski definition) is 1. The van der Waals surface area contributed by atoms with E-state index >= 15 is 0 Å². The Morgan fingerprint density at radius 1 is 1.05 bits per heavy atom. The summed E-state index contributed by atoms with van der Waals surface area (Å²) in [6.45, 7) is 5.91. The van der Waals surface area contributed by atoms with Crippen LogP contribution in [0.4, 0.5) is 5.69 Å². The number of carbonyl (C=O) groups is 2. The lowest BCUT2D eigenvalue weighted by Crippen LogP contribution is -2.34. The van der Waals surface area contributed by atoms with Crippen molar-refractivity contribution in [1.82, 2.24) is 4.90 Å². The molecule has 1 amide bonds. The first-order valence-corrected chi connectivity index (χ1v) is 12.7. The van der Waals surface area contributed by atoms with E-state index in [4.69, 9.17) is 18.9 Å². The molecule has 0 fully saturated rings. The van der Waals surface area contributed by atoms with Gasteiger partial charge in [-0.15, -0.1) is 0 Å². The molecule has 10 heteroatoms. The summed E-state index contributed by atoms with van der Waals surface area (Å²) in [7, 11) is 1.58. The molecule has 9 nitrogen and oxygen atoms in total. The van der Waals surface area contributed by atoms with Crippen LogP contribution in [0.25, 0.3) is 0 Å². The number of ether oxygens (including phenoxy) is 4. The average molecular weight is 524 g/mol. The van der Waals surface area contributed by atoms with Gasteiger partial charge < -0.3 is 29.2 Å². The third-order valence-corrected chi connectivity index (χ3v) is 6.40. The second-order valence-corrected chi connectivity index (χ2v) is 8.90. The Labute approximate surface area is 220 Å². The Hall–Kier alpha value is -3.92. The average Bonchev–Trinajstić information content (AvgIpc) is 3.36. The molecule has 2 aliphatic rings. The zero-order valence-corrected chi connectivity index (χ0v) is 22.0. The first kappa shape index (κ1) is 26.2. The van der Waals surface area contributed by atoms with Gasteiger partial charge in [0.05, 0.1) is 37.6 Å². The van der Waals surface area contributed by atoms with Crippen LogP contribution in [-0.2, 0) is 14.3 Å². The van der Waals surface area contributed by atoms with Gasteiger partial charge in [0.1, 0.15) is 5.75 Å². The zero-order chi connectivity index (χ0) is 26.4. The Bertz CT molecular complexity index is 1260. The molecule has 0 aromatic heterocycles. The van der Waals surface area contributed by atoms with Gasteiger partial charge in [-0.25, -0.2) is 9.79 Å². The predicted octanol–water partition coefficient (Wildman–Crippen LogP) is 4.88. The highest BCUT2D eigenvalue weighted by atomic mass is 32.2. The Balaban J connectivity index is 1.55. The first-order valence-electron chi connectivity index (χ1n) is 11.9. The Morgan fingerprint density at radius 2 is 1.84 bits per heavy atom. The van der Waals surface area contributed by atoms with Crippen LogP contribution < -0.4 is 19.5 Å². The van der Waals surface area contributed by atoms with Crippen molar-refractivity contribution in [2.75, 3.05) is 32.2 Å². The number of amidine groups is 1. The number of nitrogens with one attached hydrogen (secondary N) is 1. The van der Waals surface area contributed by atoms with E-state index in [1.165, 1.54) is 11.8 Å². The van der Waals surface area contributed by atoms with E-state index in [-0.39, 0.29) is 19.1 Å². The quantitative estimate of drug-likeness (QED) is 0.440. The number of fused-ring (bicyclic) bond motifs is 1. The van der Waals surface area contributed by atoms with E-state index in [1.807, 2.05) is 42.5 Å². The highest BCUT2D eigenvalue weighted by Crippen LogP contribution is 2.43. The van der Waals surface area contributed by atoms with Gasteiger partial charge in [-0.2, -0.15) is 0 Å². The maximum atomic E-state index is 12.9. The third kappa shape index (κ3) is 5.91. The molecule has 1 N–H and O–H groups in total. The third-order valence-electron chi connectivity index (χ3n) is 5.63. The summed E-state index contributed by atoms with van der Waals surface area (Å²) in [5.41, 5.74) is 2.52. The van der Waals surface area contributed by atoms with E-state index in [9.17, 15) is 9.59 Å². The lowest BCUT2D eigenvalue weighted by Gasteiger charge is -2.33. The van der Waals surface area contributed by atoms with Gasteiger partial charge in [0, 0.05) is 11.9 Å². The van der Waals surface area contributed by atoms with Crippen LogP contribution in [0.1, 0.15) is 32.4 Å². The molecule has 2 aliphatic heterocycles. The highest BCUT2D eigenvalue weighted by molar-refractivity contribution is 8.16. The van der Waals surface area contributed by atoms with Gasteiger partial charge in [-0.05, 0) is 68.1 Å².